The van der Waals surface area contributed by atoms with Gasteiger partial charge in [0.15, 0.2) is 6.10 Å². The first-order valence-electron chi connectivity index (χ1n) is 38.8. The molecule has 17 nitrogen and oxygen atoms in total. The lowest BCUT2D eigenvalue weighted by molar-refractivity contribution is -0.161. The van der Waals surface area contributed by atoms with Crippen LogP contribution in [0.4, 0.5) is 0 Å². The second kappa shape index (κ2) is 73.2. The standard InChI is InChI=1S/C79H140O17P2/c1-4-7-10-13-16-19-22-25-28-33-38-43-48-53-58-63-77(82)90-71-76(96-79(84)65-60-55-50-45-40-35-30-27-24-21-18-15-12-9-6-3)73-94-98(87,88)92-69-74(81)68-91-97(85,86)93-72-75(70-89-67-62-57-52-47-42-37-32-31-36-41-46-51-56-61-66-80)95-78(83)64-59-54-49-44-39-34-29-26-23-20-17-14-11-8-5-2/h16-21,25-32,66,74-76,81H,4-15,22-24,33-65,67-73H2,1-3H3,(H,85,86)(H,87,88)/b19-16-,20-17-,21-18-,28-25-,29-26-,30-27-,32-31-/t74-,75+,76+/m0/s1. The fraction of sp³-hybridized carbons (Fsp3) is 0.772. The van der Waals surface area contributed by atoms with Gasteiger partial charge in [0.25, 0.3) is 0 Å². The van der Waals surface area contributed by atoms with E-state index in [2.05, 4.69) is 106 Å². The molecule has 0 saturated carbocycles. The Morgan fingerprint density at radius 3 is 0.949 bits per heavy atom. The van der Waals surface area contributed by atoms with E-state index in [4.69, 9.17) is 37.0 Å². The van der Waals surface area contributed by atoms with E-state index in [0.717, 1.165) is 212 Å². The van der Waals surface area contributed by atoms with Gasteiger partial charge in [0.1, 0.15) is 25.1 Å². The molecular formula is C79H140O17P2. The van der Waals surface area contributed by atoms with Crippen molar-refractivity contribution in [1.29, 1.82) is 0 Å². The number of hydrogen-bond donors (Lipinski definition) is 3. The summed E-state index contributed by atoms with van der Waals surface area (Å²) in [5.41, 5.74) is 0. The molecule has 0 aromatic heterocycles. The Hall–Kier alpha value is -3.60. The van der Waals surface area contributed by atoms with Gasteiger partial charge in [0.05, 0.1) is 33.0 Å². The lowest BCUT2D eigenvalue weighted by Gasteiger charge is -2.21. The molecule has 0 radical (unpaired) electrons. The summed E-state index contributed by atoms with van der Waals surface area (Å²) in [6.45, 7) is 3.54. The van der Waals surface area contributed by atoms with Crippen molar-refractivity contribution in [1.82, 2.24) is 0 Å². The van der Waals surface area contributed by atoms with Crippen LogP contribution >= 0.6 is 15.6 Å². The van der Waals surface area contributed by atoms with Crippen LogP contribution < -0.4 is 0 Å². The molecule has 5 atom stereocenters. The van der Waals surface area contributed by atoms with Crippen molar-refractivity contribution in [2.45, 2.75) is 347 Å². The Morgan fingerprint density at radius 1 is 0.327 bits per heavy atom. The predicted octanol–water partition coefficient (Wildman–Crippen LogP) is 21.9. The molecule has 0 aliphatic heterocycles. The van der Waals surface area contributed by atoms with Crippen molar-refractivity contribution < 1.29 is 80.2 Å². The normalized spacial score (nSPS) is 14.4. The minimum Gasteiger partial charge on any atom is -0.462 e. The summed E-state index contributed by atoms with van der Waals surface area (Å²) in [6, 6.07) is 0. The van der Waals surface area contributed by atoms with Crippen molar-refractivity contribution >= 4 is 39.8 Å². The molecule has 0 aliphatic carbocycles. The number of esters is 3. The smallest absolute Gasteiger partial charge is 0.462 e. The highest BCUT2D eigenvalue weighted by Gasteiger charge is 2.30. The summed E-state index contributed by atoms with van der Waals surface area (Å²) < 4.78 is 69.1. The first kappa shape index (κ1) is 94.4. The van der Waals surface area contributed by atoms with Crippen molar-refractivity contribution in [3.63, 3.8) is 0 Å². The fourth-order valence-electron chi connectivity index (χ4n) is 10.4. The molecular weight excluding hydrogens is 1280 g/mol. The summed E-state index contributed by atoms with van der Waals surface area (Å²) >= 11 is 0. The van der Waals surface area contributed by atoms with Gasteiger partial charge in [0.2, 0.25) is 0 Å². The van der Waals surface area contributed by atoms with E-state index in [1.54, 1.807) is 0 Å². The first-order valence-corrected chi connectivity index (χ1v) is 41.8. The van der Waals surface area contributed by atoms with Crippen LogP contribution in [0.15, 0.2) is 85.1 Å². The summed E-state index contributed by atoms with van der Waals surface area (Å²) in [7, 11) is -9.84. The molecule has 0 aliphatic rings. The van der Waals surface area contributed by atoms with Crippen LogP contribution in [0.1, 0.15) is 329 Å². The molecule has 0 rings (SSSR count). The molecule has 0 aromatic carbocycles. The number of aliphatic hydroxyl groups is 1. The average molecular weight is 1420 g/mol. The maximum absolute atomic E-state index is 13.1. The lowest BCUT2D eigenvalue weighted by Crippen LogP contribution is -2.30. The first-order chi connectivity index (χ1) is 47.8. The average Bonchev–Trinajstić information content (AvgIpc) is 0.987. The van der Waals surface area contributed by atoms with E-state index in [0.29, 0.717) is 32.3 Å². The summed E-state index contributed by atoms with van der Waals surface area (Å²) in [5.74, 6) is -1.58. The third-order valence-electron chi connectivity index (χ3n) is 16.3. The van der Waals surface area contributed by atoms with E-state index < -0.39 is 84.9 Å². The number of phosphoric acid groups is 2. The van der Waals surface area contributed by atoms with Gasteiger partial charge in [-0.3, -0.25) is 32.5 Å². The molecule has 19 heteroatoms. The van der Waals surface area contributed by atoms with Crippen LogP contribution in [-0.4, -0.2) is 104 Å². The highest BCUT2D eigenvalue weighted by atomic mass is 31.2. The van der Waals surface area contributed by atoms with Gasteiger partial charge in [-0.2, -0.15) is 0 Å². The Kier molecular flexibility index (Phi) is 70.5. The van der Waals surface area contributed by atoms with Crippen LogP contribution in [0, 0.1) is 0 Å². The summed E-state index contributed by atoms with van der Waals surface area (Å²) in [6.07, 6.45) is 74.7. The van der Waals surface area contributed by atoms with Crippen molar-refractivity contribution in [2.75, 3.05) is 46.2 Å². The maximum atomic E-state index is 13.1. The Labute approximate surface area is 595 Å². The van der Waals surface area contributed by atoms with E-state index in [9.17, 15) is 43.2 Å². The number of aliphatic hydroxyl groups excluding tert-OH is 1. The third kappa shape index (κ3) is 72.2. The topological polar surface area (TPSA) is 237 Å². The Bertz CT molecular complexity index is 2160. The molecule has 0 bridgehead atoms. The van der Waals surface area contributed by atoms with E-state index in [-0.39, 0.29) is 25.9 Å². The minimum atomic E-state index is -4.95. The van der Waals surface area contributed by atoms with E-state index >= 15 is 0 Å². The molecule has 0 fully saturated rings. The van der Waals surface area contributed by atoms with Crippen LogP contribution in [0.3, 0.4) is 0 Å². The van der Waals surface area contributed by atoms with Gasteiger partial charge in [-0.25, -0.2) is 9.13 Å². The zero-order chi connectivity index (χ0) is 71.6. The molecule has 568 valence electrons. The van der Waals surface area contributed by atoms with Crippen molar-refractivity contribution in [3.8, 4) is 0 Å². The number of phosphoric ester groups is 2. The summed E-state index contributed by atoms with van der Waals surface area (Å²) in [4.78, 5) is 70.6. The van der Waals surface area contributed by atoms with E-state index in [1.165, 1.54) is 57.8 Å². The number of allylic oxidation sites excluding steroid dienone is 14. The molecule has 0 saturated heterocycles. The Balaban J connectivity index is 5.31. The molecule has 2 unspecified atom stereocenters. The SMILES string of the molecule is CCCCC/C=C\C/C=C\CCCCCCCC(=O)OC[C@H](COP(=O)(O)OC[C@@H](O)COP(=O)(O)OC[C@@H](COCCCCCCC/C=C\CCCCCCC=O)OC(=O)CCCCCCC/C=C\C/C=C\CCCCC)OC(=O)CCCCCCC/C=C\C/C=C\CCCCC. The van der Waals surface area contributed by atoms with Crippen LogP contribution in [0.5, 0.6) is 0 Å². The predicted molar refractivity (Wildman–Crippen MR) is 400 cm³/mol. The van der Waals surface area contributed by atoms with Crippen molar-refractivity contribution in [2.24, 2.45) is 0 Å². The third-order valence-corrected chi connectivity index (χ3v) is 18.2. The molecule has 0 amide bonds. The number of ether oxygens (including phenoxy) is 4. The molecule has 98 heavy (non-hydrogen) atoms. The number of unbranched alkanes of at least 4 members (excludes halogenated alkanes) is 34. The molecule has 0 aromatic rings. The number of rotatable bonds is 75. The van der Waals surface area contributed by atoms with Gasteiger partial charge < -0.3 is 38.6 Å². The molecule has 0 spiro atoms. The molecule has 0 heterocycles. The van der Waals surface area contributed by atoms with E-state index in [1.807, 2.05) is 0 Å². The van der Waals surface area contributed by atoms with Gasteiger partial charge in [-0.1, -0.05) is 234 Å². The minimum absolute atomic E-state index is 0.0863. The van der Waals surface area contributed by atoms with Crippen LogP contribution in [0.25, 0.3) is 0 Å². The summed E-state index contributed by atoms with van der Waals surface area (Å²) in [5, 5.41) is 10.6. The largest absolute Gasteiger partial charge is 0.472 e. The lowest BCUT2D eigenvalue weighted by atomic mass is 10.1. The number of hydrogen-bond acceptors (Lipinski definition) is 15. The maximum Gasteiger partial charge on any atom is 0.472 e. The number of carbonyl (C=O) groups is 4. The van der Waals surface area contributed by atoms with Crippen molar-refractivity contribution in [3.05, 3.63) is 85.1 Å². The fourth-order valence-corrected chi connectivity index (χ4v) is 11.9. The van der Waals surface area contributed by atoms with Gasteiger partial charge in [0, 0.05) is 32.3 Å². The zero-order valence-electron chi connectivity index (χ0n) is 61.7. The van der Waals surface area contributed by atoms with Gasteiger partial charge in [-0.15, -0.1) is 0 Å². The van der Waals surface area contributed by atoms with Gasteiger partial charge in [-0.05, 0) is 154 Å². The second-order valence-electron chi connectivity index (χ2n) is 25.9. The quantitative estimate of drug-likeness (QED) is 0.0128. The second-order valence-corrected chi connectivity index (χ2v) is 28.8. The monoisotopic (exact) mass is 1420 g/mol. The Morgan fingerprint density at radius 2 is 0.602 bits per heavy atom. The highest BCUT2D eigenvalue weighted by molar-refractivity contribution is 7.47. The number of aldehydes is 1. The van der Waals surface area contributed by atoms with Crippen LogP contribution in [0.2, 0.25) is 0 Å². The molecule has 3 N–H and O–H groups in total. The van der Waals surface area contributed by atoms with Gasteiger partial charge >= 0.3 is 33.6 Å². The zero-order valence-corrected chi connectivity index (χ0v) is 63.5. The number of carbonyl (C=O) groups excluding carboxylic acids is 4. The van der Waals surface area contributed by atoms with Crippen LogP contribution in [-0.2, 0) is 65.4 Å². The highest BCUT2D eigenvalue weighted by Crippen LogP contribution is 2.45.